The van der Waals surface area contributed by atoms with Gasteiger partial charge in [0.25, 0.3) is 5.91 Å². The highest BCUT2D eigenvalue weighted by Crippen LogP contribution is 2.22. The van der Waals surface area contributed by atoms with E-state index in [4.69, 9.17) is 0 Å². The van der Waals surface area contributed by atoms with Gasteiger partial charge in [0.2, 0.25) is 10.0 Å². The van der Waals surface area contributed by atoms with E-state index in [0.29, 0.717) is 25.9 Å². The molecule has 132 valence electrons. The van der Waals surface area contributed by atoms with Crippen LogP contribution in [0.1, 0.15) is 23.3 Å². The third-order valence-electron chi connectivity index (χ3n) is 4.04. The van der Waals surface area contributed by atoms with Gasteiger partial charge >= 0.3 is 0 Å². The van der Waals surface area contributed by atoms with Crippen molar-refractivity contribution in [2.24, 2.45) is 0 Å². The summed E-state index contributed by atoms with van der Waals surface area (Å²) in [7, 11) is -3.51. The summed E-state index contributed by atoms with van der Waals surface area (Å²) in [5, 5.41) is 2.89. The van der Waals surface area contributed by atoms with Crippen LogP contribution in [-0.2, 0) is 10.0 Å². The van der Waals surface area contributed by atoms with Crippen molar-refractivity contribution >= 4 is 31.9 Å². The monoisotopic (exact) mass is 424 g/mol. The van der Waals surface area contributed by atoms with Gasteiger partial charge in [0, 0.05) is 36.0 Å². The maximum atomic E-state index is 12.7. The number of hydrogen-bond acceptors (Lipinski definition) is 5. The van der Waals surface area contributed by atoms with E-state index in [1.807, 2.05) is 0 Å². The van der Waals surface area contributed by atoms with Crippen molar-refractivity contribution in [3.8, 4) is 0 Å². The topological polar surface area (TPSA) is 92.3 Å². The molecule has 2 aromatic rings. The van der Waals surface area contributed by atoms with Crippen LogP contribution >= 0.6 is 15.9 Å². The number of hydrogen-bond donors (Lipinski definition) is 1. The van der Waals surface area contributed by atoms with Gasteiger partial charge in [-0.1, -0.05) is 15.9 Å². The van der Waals surface area contributed by atoms with Gasteiger partial charge in [-0.05, 0) is 37.1 Å². The highest BCUT2D eigenvalue weighted by molar-refractivity contribution is 9.10. The minimum atomic E-state index is -3.51. The summed E-state index contributed by atoms with van der Waals surface area (Å²) in [4.78, 5) is 20.2. The van der Waals surface area contributed by atoms with E-state index in [-0.39, 0.29) is 22.5 Å². The number of benzene rings is 1. The van der Waals surface area contributed by atoms with Gasteiger partial charge in [0.05, 0.1) is 11.1 Å². The molecule has 0 bridgehead atoms. The summed E-state index contributed by atoms with van der Waals surface area (Å²) in [6.07, 6.45) is 5.48. The third-order valence-corrected chi connectivity index (χ3v) is 6.48. The van der Waals surface area contributed by atoms with Gasteiger partial charge in [0.1, 0.15) is 5.69 Å². The van der Waals surface area contributed by atoms with E-state index < -0.39 is 10.0 Å². The van der Waals surface area contributed by atoms with Gasteiger partial charge in [-0.3, -0.25) is 9.78 Å². The molecule has 7 nitrogen and oxygen atoms in total. The number of piperidine rings is 1. The fourth-order valence-electron chi connectivity index (χ4n) is 2.67. The lowest BCUT2D eigenvalue weighted by Crippen LogP contribution is -2.46. The molecule has 1 saturated heterocycles. The second-order valence-corrected chi connectivity index (χ2v) is 8.55. The lowest BCUT2D eigenvalue weighted by atomic mass is 10.1. The summed E-state index contributed by atoms with van der Waals surface area (Å²) < 4.78 is 27.6. The molecule has 1 aliphatic rings. The molecule has 0 aliphatic carbocycles. The van der Waals surface area contributed by atoms with Crippen LogP contribution in [0.2, 0.25) is 0 Å². The van der Waals surface area contributed by atoms with E-state index in [1.54, 1.807) is 24.3 Å². The van der Waals surface area contributed by atoms with Gasteiger partial charge in [0.15, 0.2) is 0 Å². The molecule has 1 aliphatic heterocycles. The van der Waals surface area contributed by atoms with Crippen molar-refractivity contribution in [1.29, 1.82) is 0 Å². The second-order valence-electron chi connectivity index (χ2n) is 5.70. The molecule has 2 heterocycles. The van der Waals surface area contributed by atoms with E-state index >= 15 is 0 Å². The Hall–Kier alpha value is -1.84. The summed E-state index contributed by atoms with van der Waals surface area (Å²) in [5.74, 6) is -0.290. The molecule has 9 heteroatoms. The summed E-state index contributed by atoms with van der Waals surface area (Å²) in [5.41, 5.74) is 0.257. The fourth-order valence-corrected chi connectivity index (χ4v) is 4.41. The number of halogens is 1. The molecule has 1 fully saturated rings. The molecule has 1 N–H and O–H groups in total. The summed E-state index contributed by atoms with van der Waals surface area (Å²) in [6, 6.07) is 6.51. The zero-order valence-corrected chi connectivity index (χ0v) is 15.7. The van der Waals surface area contributed by atoms with Crippen molar-refractivity contribution in [3.63, 3.8) is 0 Å². The van der Waals surface area contributed by atoms with Gasteiger partial charge in [-0.15, -0.1) is 0 Å². The van der Waals surface area contributed by atoms with Crippen LogP contribution in [-0.4, -0.2) is 47.7 Å². The Morgan fingerprint density at radius 2 is 1.84 bits per heavy atom. The molecular weight excluding hydrogens is 408 g/mol. The Morgan fingerprint density at radius 1 is 1.16 bits per heavy atom. The zero-order valence-electron chi connectivity index (χ0n) is 13.3. The van der Waals surface area contributed by atoms with Crippen LogP contribution in [0.5, 0.6) is 0 Å². The molecular formula is C16H17BrN4O3S. The zero-order chi connectivity index (χ0) is 17.9. The Labute approximate surface area is 154 Å². The molecule has 1 aromatic carbocycles. The normalized spacial score (nSPS) is 16.5. The van der Waals surface area contributed by atoms with Crippen LogP contribution in [0.4, 0.5) is 0 Å². The van der Waals surface area contributed by atoms with Crippen LogP contribution in [0, 0.1) is 0 Å². The smallest absolute Gasteiger partial charge is 0.271 e. The minimum absolute atomic E-state index is 0.0779. The fraction of sp³-hybridized carbons (Fsp3) is 0.312. The first-order valence-corrected chi connectivity index (χ1v) is 10.0. The average Bonchev–Trinajstić information content (AvgIpc) is 2.63. The first kappa shape index (κ1) is 18.0. The highest BCUT2D eigenvalue weighted by atomic mass is 79.9. The molecule has 0 unspecified atom stereocenters. The number of aromatic nitrogens is 2. The Bertz CT molecular complexity index is 835. The maximum absolute atomic E-state index is 12.7. The third kappa shape index (κ3) is 4.23. The predicted octanol–water partition coefficient (Wildman–Crippen LogP) is 1.82. The van der Waals surface area contributed by atoms with E-state index in [2.05, 4.69) is 31.2 Å². The van der Waals surface area contributed by atoms with Gasteiger partial charge < -0.3 is 5.32 Å². The quantitative estimate of drug-likeness (QED) is 0.807. The van der Waals surface area contributed by atoms with Gasteiger partial charge in [-0.2, -0.15) is 4.31 Å². The average molecular weight is 425 g/mol. The molecule has 25 heavy (non-hydrogen) atoms. The van der Waals surface area contributed by atoms with Crippen molar-refractivity contribution < 1.29 is 13.2 Å². The molecule has 3 rings (SSSR count). The number of amides is 1. The lowest BCUT2D eigenvalue weighted by Gasteiger charge is -2.31. The molecule has 1 amide bonds. The molecule has 0 saturated carbocycles. The number of sulfonamides is 1. The highest BCUT2D eigenvalue weighted by Gasteiger charge is 2.30. The summed E-state index contributed by atoms with van der Waals surface area (Å²) >= 11 is 3.30. The number of carbonyl (C=O) groups excluding carboxylic acids is 1. The molecule has 0 atom stereocenters. The standard InChI is InChI=1S/C16H17BrN4O3S/c17-12-1-3-14(4-2-12)25(23,24)21-9-5-13(6-10-21)20-16(22)15-11-18-7-8-19-15/h1-4,7-8,11,13H,5-6,9-10H2,(H,20,22). The van der Waals surface area contributed by atoms with Crippen molar-refractivity contribution in [2.75, 3.05) is 13.1 Å². The van der Waals surface area contributed by atoms with Gasteiger partial charge in [-0.25, -0.2) is 13.4 Å². The van der Waals surface area contributed by atoms with E-state index in [1.165, 1.54) is 22.9 Å². The largest absolute Gasteiger partial charge is 0.348 e. The summed E-state index contributed by atoms with van der Waals surface area (Å²) in [6.45, 7) is 0.730. The predicted molar refractivity (Wildman–Crippen MR) is 95.4 cm³/mol. The first-order valence-electron chi connectivity index (χ1n) is 7.79. The van der Waals surface area contributed by atoms with Crippen LogP contribution in [0.25, 0.3) is 0 Å². The number of carbonyl (C=O) groups is 1. The molecule has 0 spiro atoms. The first-order chi connectivity index (χ1) is 12.0. The van der Waals surface area contributed by atoms with Crippen LogP contribution in [0.15, 0.2) is 52.2 Å². The Kier molecular flexibility index (Phi) is 5.45. The lowest BCUT2D eigenvalue weighted by molar-refractivity contribution is 0.0918. The second kappa shape index (κ2) is 7.59. The van der Waals surface area contributed by atoms with E-state index in [9.17, 15) is 13.2 Å². The Balaban J connectivity index is 1.60. The van der Waals surface area contributed by atoms with Crippen LogP contribution < -0.4 is 5.32 Å². The SMILES string of the molecule is O=C(NC1CCN(S(=O)(=O)c2ccc(Br)cc2)CC1)c1cnccn1. The van der Waals surface area contributed by atoms with Crippen molar-refractivity contribution in [2.45, 2.75) is 23.8 Å². The van der Waals surface area contributed by atoms with Crippen molar-refractivity contribution in [1.82, 2.24) is 19.6 Å². The number of nitrogens with one attached hydrogen (secondary N) is 1. The minimum Gasteiger partial charge on any atom is -0.348 e. The number of rotatable bonds is 4. The van der Waals surface area contributed by atoms with E-state index in [0.717, 1.165) is 4.47 Å². The van der Waals surface area contributed by atoms with Crippen molar-refractivity contribution in [3.05, 3.63) is 53.0 Å². The maximum Gasteiger partial charge on any atom is 0.271 e. The molecule has 0 radical (unpaired) electrons. The Morgan fingerprint density at radius 3 is 2.44 bits per heavy atom. The number of nitrogens with zero attached hydrogens (tertiary/aromatic N) is 3. The van der Waals surface area contributed by atoms with Crippen LogP contribution in [0.3, 0.4) is 0 Å². The molecule has 1 aromatic heterocycles.